The smallest absolute Gasteiger partial charge is 0.270 e. The lowest BCUT2D eigenvalue weighted by Gasteiger charge is -2.21. The standard InChI is InChI=1S/C22H27N5O2/c1-4-26(15-16-10-12-17(13-11-16)25(2)3)22(29)19-14-20(21(23)28)27(24-19)18-8-6-5-7-9-18/h5-13,20H,4,14-15H2,1-3H3,(H2,23,28). The van der Waals surface area contributed by atoms with Gasteiger partial charge in [0, 0.05) is 39.3 Å². The van der Waals surface area contributed by atoms with Crippen LogP contribution in [-0.4, -0.2) is 49.1 Å². The van der Waals surface area contributed by atoms with Crippen LogP contribution in [0.4, 0.5) is 11.4 Å². The average Bonchev–Trinajstić information content (AvgIpc) is 3.18. The molecule has 7 nitrogen and oxygen atoms in total. The first kappa shape index (κ1) is 20.4. The fourth-order valence-electron chi connectivity index (χ4n) is 3.31. The molecule has 1 aliphatic heterocycles. The van der Waals surface area contributed by atoms with Gasteiger partial charge in [-0.2, -0.15) is 5.10 Å². The summed E-state index contributed by atoms with van der Waals surface area (Å²) in [6.45, 7) is 2.95. The second-order valence-corrected chi connectivity index (χ2v) is 7.23. The van der Waals surface area contributed by atoms with E-state index in [9.17, 15) is 9.59 Å². The van der Waals surface area contributed by atoms with E-state index in [0.717, 1.165) is 16.9 Å². The van der Waals surface area contributed by atoms with Crippen LogP contribution in [0.1, 0.15) is 18.9 Å². The summed E-state index contributed by atoms with van der Waals surface area (Å²) in [4.78, 5) is 28.8. The van der Waals surface area contributed by atoms with Gasteiger partial charge in [-0.05, 0) is 36.8 Å². The van der Waals surface area contributed by atoms with Gasteiger partial charge >= 0.3 is 0 Å². The van der Waals surface area contributed by atoms with Crippen LogP contribution in [0.5, 0.6) is 0 Å². The Morgan fingerprint density at radius 2 is 1.76 bits per heavy atom. The number of nitrogens with zero attached hydrogens (tertiary/aromatic N) is 4. The summed E-state index contributed by atoms with van der Waals surface area (Å²) >= 11 is 0. The van der Waals surface area contributed by atoms with Gasteiger partial charge in [0.15, 0.2) is 0 Å². The maximum atomic E-state index is 13.1. The molecule has 0 fully saturated rings. The fourth-order valence-corrected chi connectivity index (χ4v) is 3.31. The number of para-hydroxylation sites is 1. The topological polar surface area (TPSA) is 82.2 Å². The zero-order valence-electron chi connectivity index (χ0n) is 17.1. The van der Waals surface area contributed by atoms with Gasteiger partial charge in [0.05, 0.1) is 5.69 Å². The minimum Gasteiger partial charge on any atom is -0.378 e. The molecule has 0 bridgehead atoms. The minimum atomic E-state index is -0.658. The minimum absolute atomic E-state index is 0.172. The Morgan fingerprint density at radius 1 is 1.10 bits per heavy atom. The van der Waals surface area contributed by atoms with Crippen LogP contribution in [0.25, 0.3) is 0 Å². The van der Waals surface area contributed by atoms with Gasteiger partial charge in [0.25, 0.3) is 5.91 Å². The highest BCUT2D eigenvalue weighted by Gasteiger charge is 2.36. The van der Waals surface area contributed by atoms with E-state index < -0.39 is 11.9 Å². The Labute approximate surface area is 171 Å². The third-order valence-corrected chi connectivity index (χ3v) is 5.00. The molecule has 0 saturated heterocycles. The number of hydrogen-bond acceptors (Lipinski definition) is 5. The molecule has 3 rings (SSSR count). The monoisotopic (exact) mass is 393 g/mol. The van der Waals surface area contributed by atoms with Crippen LogP contribution in [0, 0.1) is 0 Å². The Bertz CT molecular complexity index is 893. The lowest BCUT2D eigenvalue weighted by atomic mass is 10.1. The van der Waals surface area contributed by atoms with Crippen molar-refractivity contribution in [3.63, 3.8) is 0 Å². The van der Waals surface area contributed by atoms with Gasteiger partial charge in [-0.3, -0.25) is 14.6 Å². The molecule has 2 amide bonds. The second kappa shape index (κ2) is 8.77. The number of rotatable bonds is 7. The molecule has 2 aromatic carbocycles. The van der Waals surface area contributed by atoms with Crippen molar-refractivity contribution in [1.82, 2.24) is 4.90 Å². The largest absolute Gasteiger partial charge is 0.378 e. The highest BCUT2D eigenvalue weighted by atomic mass is 16.2. The molecule has 152 valence electrons. The molecule has 0 aromatic heterocycles. The van der Waals surface area contributed by atoms with Crippen LogP contribution in [0.3, 0.4) is 0 Å². The fraction of sp³-hybridized carbons (Fsp3) is 0.318. The molecule has 0 saturated carbocycles. The molecular formula is C22H27N5O2. The molecule has 7 heteroatoms. The average molecular weight is 393 g/mol. The molecule has 29 heavy (non-hydrogen) atoms. The van der Waals surface area contributed by atoms with Crippen molar-refractivity contribution < 1.29 is 9.59 Å². The molecule has 2 N–H and O–H groups in total. The first-order chi connectivity index (χ1) is 13.9. The second-order valence-electron chi connectivity index (χ2n) is 7.23. The van der Waals surface area contributed by atoms with E-state index >= 15 is 0 Å². The molecule has 1 aliphatic rings. The number of carbonyl (C=O) groups is 2. The van der Waals surface area contributed by atoms with Crippen molar-refractivity contribution in [2.45, 2.75) is 25.9 Å². The van der Waals surface area contributed by atoms with Crippen LogP contribution in [-0.2, 0) is 16.1 Å². The number of hydrazone groups is 1. The van der Waals surface area contributed by atoms with Crippen LogP contribution >= 0.6 is 0 Å². The number of amides is 2. The van der Waals surface area contributed by atoms with E-state index in [4.69, 9.17) is 5.73 Å². The highest BCUT2D eigenvalue weighted by Crippen LogP contribution is 2.25. The summed E-state index contributed by atoms with van der Waals surface area (Å²) in [5.74, 6) is -0.670. The summed E-state index contributed by atoms with van der Waals surface area (Å²) in [6, 6.07) is 16.7. The van der Waals surface area contributed by atoms with Crippen molar-refractivity contribution in [1.29, 1.82) is 0 Å². The van der Waals surface area contributed by atoms with Gasteiger partial charge in [-0.25, -0.2) is 0 Å². The Morgan fingerprint density at radius 3 is 2.31 bits per heavy atom. The first-order valence-electron chi connectivity index (χ1n) is 9.67. The number of carbonyl (C=O) groups excluding carboxylic acids is 2. The summed E-state index contributed by atoms with van der Waals surface area (Å²) in [5.41, 5.74) is 8.81. The van der Waals surface area contributed by atoms with Gasteiger partial charge in [0.1, 0.15) is 11.8 Å². The quantitative estimate of drug-likeness (QED) is 0.782. The van der Waals surface area contributed by atoms with Crippen LogP contribution in [0.15, 0.2) is 59.7 Å². The molecule has 0 spiro atoms. The highest BCUT2D eigenvalue weighted by molar-refractivity contribution is 6.40. The van der Waals surface area contributed by atoms with Gasteiger partial charge in [-0.15, -0.1) is 0 Å². The third-order valence-electron chi connectivity index (χ3n) is 5.00. The van der Waals surface area contributed by atoms with Crippen molar-refractivity contribution in [3.8, 4) is 0 Å². The Kier molecular flexibility index (Phi) is 6.16. The predicted octanol–water partition coefficient (Wildman–Crippen LogP) is 2.22. The zero-order valence-corrected chi connectivity index (χ0v) is 17.1. The van der Waals surface area contributed by atoms with Gasteiger partial charge in [0.2, 0.25) is 5.91 Å². The number of primary amides is 1. The lowest BCUT2D eigenvalue weighted by molar-refractivity contribution is -0.124. The van der Waals surface area contributed by atoms with E-state index in [0.29, 0.717) is 18.8 Å². The summed E-state index contributed by atoms with van der Waals surface area (Å²) in [6.07, 6.45) is 0.207. The summed E-state index contributed by atoms with van der Waals surface area (Å²) < 4.78 is 0. The van der Waals surface area contributed by atoms with Gasteiger partial charge in [-0.1, -0.05) is 30.3 Å². The Balaban J connectivity index is 1.78. The van der Waals surface area contributed by atoms with Crippen LogP contribution in [0.2, 0.25) is 0 Å². The number of anilines is 2. The maximum absolute atomic E-state index is 13.1. The molecule has 0 radical (unpaired) electrons. The van der Waals surface area contributed by atoms with E-state index in [1.165, 1.54) is 0 Å². The molecular weight excluding hydrogens is 366 g/mol. The SMILES string of the molecule is CCN(Cc1ccc(N(C)C)cc1)C(=O)C1=NN(c2ccccc2)C(C(N)=O)C1. The lowest BCUT2D eigenvalue weighted by Crippen LogP contribution is -2.40. The zero-order chi connectivity index (χ0) is 21.0. The van der Waals surface area contributed by atoms with Crippen molar-refractivity contribution in [2.75, 3.05) is 30.5 Å². The first-order valence-corrected chi connectivity index (χ1v) is 9.67. The number of nitrogens with two attached hydrogens (primary N) is 1. The van der Waals surface area contributed by atoms with E-state index in [2.05, 4.69) is 5.10 Å². The molecule has 1 heterocycles. The number of hydrogen-bond donors (Lipinski definition) is 1. The molecule has 2 aromatic rings. The number of benzene rings is 2. The van der Waals surface area contributed by atoms with E-state index in [-0.39, 0.29) is 12.3 Å². The maximum Gasteiger partial charge on any atom is 0.270 e. The van der Waals surface area contributed by atoms with E-state index in [1.54, 1.807) is 9.91 Å². The predicted molar refractivity (Wildman–Crippen MR) is 116 cm³/mol. The summed E-state index contributed by atoms with van der Waals surface area (Å²) in [7, 11) is 3.98. The third kappa shape index (κ3) is 4.56. The van der Waals surface area contributed by atoms with Crippen LogP contribution < -0.4 is 15.6 Å². The van der Waals surface area contributed by atoms with Crippen molar-refractivity contribution >= 4 is 28.9 Å². The molecule has 0 aliphatic carbocycles. The molecule has 1 atom stereocenters. The normalized spacial score (nSPS) is 15.8. The summed E-state index contributed by atoms with van der Waals surface area (Å²) in [5, 5.41) is 6.01. The van der Waals surface area contributed by atoms with E-state index in [1.807, 2.05) is 80.5 Å². The van der Waals surface area contributed by atoms with Gasteiger partial charge < -0.3 is 15.5 Å². The van der Waals surface area contributed by atoms with Crippen molar-refractivity contribution in [2.24, 2.45) is 10.8 Å². The Hall–Kier alpha value is -3.35. The van der Waals surface area contributed by atoms with Crippen molar-refractivity contribution in [3.05, 3.63) is 60.2 Å². The molecule has 1 unspecified atom stereocenters.